The van der Waals surface area contributed by atoms with Crippen LogP contribution in [0, 0.1) is 6.92 Å². The van der Waals surface area contributed by atoms with E-state index in [1.165, 1.54) is 0 Å². The number of nitrogens with zero attached hydrogens (tertiary/aromatic N) is 1. The number of nitrogen functional groups attached to an aromatic ring is 1. The molecule has 18 heavy (non-hydrogen) atoms. The maximum atomic E-state index is 12.5. The zero-order valence-corrected chi connectivity index (χ0v) is 11.4. The summed E-state index contributed by atoms with van der Waals surface area (Å²) in [7, 11) is 1.64. The van der Waals surface area contributed by atoms with Gasteiger partial charge in [0.25, 0.3) is 0 Å². The number of carbonyl (C=O) groups is 1. The molecule has 4 heteroatoms. The van der Waals surface area contributed by atoms with Crippen molar-refractivity contribution in [2.24, 2.45) is 0 Å². The van der Waals surface area contributed by atoms with Gasteiger partial charge in [0.1, 0.15) is 0 Å². The highest BCUT2D eigenvalue weighted by molar-refractivity contribution is 6.08. The summed E-state index contributed by atoms with van der Waals surface area (Å²) in [5.74, 6) is 0.114. The summed E-state index contributed by atoms with van der Waals surface area (Å²) >= 11 is 0. The summed E-state index contributed by atoms with van der Waals surface area (Å²) in [5.41, 5.74) is 9.18. The second kappa shape index (κ2) is 4.28. The van der Waals surface area contributed by atoms with E-state index in [2.05, 4.69) is 0 Å². The van der Waals surface area contributed by atoms with E-state index in [1.54, 1.807) is 12.0 Å². The van der Waals surface area contributed by atoms with Gasteiger partial charge < -0.3 is 15.4 Å². The molecular weight excluding hydrogens is 228 g/mol. The number of rotatable bonds is 3. The third-order valence-electron chi connectivity index (χ3n) is 3.55. The van der Waals surface area contributed by atoms with Gasteiger partial charge in [0.15, 0.2) is 0 Å². The van der Waals surface area contributed by atoms with Gasteiger partial charge in [-0.25, -0.2) is 0 Å². The summed E-state index contributed by atoms with van der Waals surface area (Å²) in [4.78, 5) is 14.3. The number of amides is 1. The molecule has 0 saturated heterocycles. The zero-order valence-electron chi connectivity index (χ0n) is 11.4. The largest absolute Gasteiger partial charge is 0.399 e. The Morgan fingerprint density at radius 1 is 1.39 bits per heavy atom. The van der Waals surface area contributed by atoms with Crippen LogP contribution in [-0.2, 0) is 14.9 Å². The molecular formula is C14H20N2O2. The number of ether oxygens (including phenoxy) is 1. The number of anilines is 2. The molecule has 0 bridgehead atoms. The molecule has 1 aliphatic heterocycles. The number of methoxy groups -OCH3 is 1. The van der Waals surface area contributed by atoms with Crippen LogP contribution < -0.4 is 10.6 Å². The normalized spacial score (nSPS) is 17.1. The Bertz CT molecular complexity index is 495. The fourth-order valence-corrected chi connectivity index (χ4v) is 2.78. The molecule has 98 valence electrons. The van der Waals surface area contributed by atoms with Crippen LogP contribution in [0.15, 0.2) is 12.1 Å². The van der Waals surface area contributed by atoms with Crippen molar-refractivity contribution in [3.05, 3.63) is 23.3 Å². The lowest BCUT2D eigenvalue weighted by molar-refractivity contribution is -0.122. The highest BCUT2D eigenvalue weighted by Crippen LogP contribution is 2.44. The molecule has 1 amide bonds. The maximum Gasteiger partial charge on any atom is 0.237 e. The molecule has 2 rings (SSSR count). The first-order chi connectivity index (χ1) is 8.39. The van der Waals surface area contributed by atoms with Gasteiger partial charge >= 0.3 is 0 Å². The van der Waals surface area contributed by atoms with Gasteiger partial charge in [-0.05, 0) is 44.0 Å². The van der Waals surface area contributed by atoms with Crippen molar-refractivity contribution in [2.75, 3.05) is 30.9 Å². The number of nitrogens with two attached hydrogens (primary N) is 1. The molecule has 0 aromatic heterocycles. The number of hydrogen-bond donors (Lipinski definition) is 1. The molecule has 0 unspecified atom stereocenters. The van der Waals surface area contributed by atoms with E-state index in [0.717, 1.165) is 16.8 Å². The molecule has 0 fully saturated rings. The first kappa shape index (κ1) is 12.9. The molecule has 0 atom stereocenters. The van der Waals surface area contributed by atoms with E-state index in [0.29, 0.717) is 18.8 Å². The van der Waals surface area contributed by atoms with Crippen molar-refractivity contribution in [2.45, 2.75) is 26.2 Å². The topological polar surface area (TPSA) is 55.6 Å². The van der Waals surface area contributed by atoms with Gasteiger partial charge in [0.05, 0.1) is 17.7 Å². The van der Waals surface area contributed by atoms with Gasteiger partial charge in [0.2, 0.25) is 5.91 Å². The van der Waals surface area contributed by atoms with E-state index >= 15 is 0 Å². The SMILES string of the molecule is COCCN1C(=O)C(C)(C)c2c(C)cc(N)cc21. The predicted octanol–water partition coefficient (Wildman–Crippen LogP) is 1.85. The van der Waals surface area contributed by atoms with E-state index < -0.39 is 5.41 Å². The lowest BCUT2D eigenvalue weighted by Crippen LogP contribution is -2.38. The van der Waals surface area contributed by atoms with E-state index in [9.17, 15) is 4.79 Å². The zero-order chi connectivity index (χ0) is 13.5. The molecule has 1 aromatic rings. The van der Waals surface area contributed by atoms with Gasteiger partial charge in [0, 0.05) is 19.3 Å². The molecule has 0 spiro atoms. The monoisotopic (exact) mass is 248 g/mol. The lowest BCUT2D eigenvalue weighted by atomic mass is 9.83. The third-order valence-corrected chi connectivity index (χ3v) is 3.55. The average Bonchev–Trinajstić information content (AvgIpc) is 2.45. The average molecular weight is 248 g/mol. The number of aryl methyl sites for hydroxylation is 1. The fraction of sp³-hybridized carbons (Fsp3) is 0.500. The minimum atomic E-state index is -0.485. The molecule has 0 saturated carbocycles. The van der Waals surface area contributed by atoms with Crippen molar-refractivity contribution >= 4 is 17.3 Å². The smallest absolute Gasteiger partial charge is 0.237 e. The minimum absolute atomic E-state index is 0.114. The summed E-state index contributed by atoms with van der Waals surface area (Å²) in [5, 5.41) is 0. The Kier molecular flexibility index (Phi) is 3.07. The maximum absolute atomic E-state index is 12.5. The lowest BCUT2D eigenvalue weighted by Gasteiger charge is -2.20. The van der Waals surface area contributed by atoms with E-state index in [1.807, 2.05) is 32.9 Å². The van der Waals surface area contributed by atoms with Crippen LogP contribution in [0.5, 0.6) is 0 Å². The molecule has 1 aromatic carbocycles. The molecule has 2 N–H and O–H groups in total. The summed E-state index contributed by atoms with van der Waals surface area (Å²) < 4.78 is 5.07. The highest BCUT2D eigenvalue weighted by atomic mass is 16.5. The Labute approximate surface area is 108 Å². The Hall–Kier alpha value is -1.55. The number of benzene rings is 1. The van der Waals surface area contributed by atoms with E-state index in [4.69, 9.17) is 10.5 Å². The molecule has 0 radical (unpaired) electrons. The summed E-state index contributed by atoms with van der Waals surface area (Å²) in [6.07, 6.45) is 0. The van der Waals surface area contributed by atoms with Crippen LogP contribution in [0.3, 0.4) is 0 Å². The summed E-state index contributed by atoms with van der Waals surface area (Å²) in [6.45, 7) is 7.02. The molecule has 1 heterocycles. The third kappa shape index (κ3) is 1.77. The Morgan fingerprint density at radius 3 is 2.67 bits per heavy atom. The van der Waals surface area contributed by atoms with Crippen molar-refractivity contribution in [3.8, 4) is 0 Å². The quantitative estimate of drug-likeness (QED) is 0.830. The van der Waals surface area contributed by atoms with Crippen LogP contribution in [0.25, 0.3) is 0 Å². The predicted molar refractivity (Wildman–Crippen MR) is 72.8 cm³/mol. The van der Waals surface area contributed by atoms with Gasteiger partial charge in [-0.2, -0.15) is 0 Å². The molecule has 1 aliphatic rings. The Morgan fingerprint density at radius 2 is 2.06 bits per heavy atom. The fourth-order valence-electron chi connectivity index (χ4n) is 2.78. The first-order valence-corrected chi connectivity index (χ1v) is 6.11. The van der Waals surface area contributed by atoms with Crippen molar-refractivity contribution in [1.82, 2.24) is 0 Å². The number of fused-ring (bicyclic) bond motifs is 1. The van der Waals surface area contributed by atoms with Gasteiger partial charge in [-0.15, -0.1) is 0 Å². The Balaban J connectivity index is 2.54. The standard InChI is InChI=1S/C14H20N2O2/c1-9-7-10(15)8-11-12(9)14(2,3)13(17)16(11)5-6-18-4/h7-8H,5-6,15H2,1-4H3. The van der Waals surface area contributed by atoms with Crippen molar-refractivity contribution in [3.63, 3.8) is 0 Å². The van der Waals surface area contributed by atoms with Gasteiger partial charge in [-0.3, -0.25) is 4.79 Å². The number of carbonyl (C=O) groups excluding carboxylic acids is 1. The first-order valence-electron chi connectivity index (χ1n) is 6.11. The molecule has 0 aliphatic carbocycles. The molecule has 4 nitrogen and oxygen atoms in total. The van der Waals surface area contributed by atoms with Crippen LogP contribution in [0.4, 0.5) is 11.4 Å². The van der Waals surface area contributed by atoms with Gasteiger partial charge in [-0.1, -0.05) is 0 Å². The summed E-state index contributed by atoms with van der Waals surface area (Å²) in [6, 6.07) is 3.80. The number of hydrogen-bond acceptors (Lipinski definition) is 3. The highest BCUT2D eigenvalue weighted by Gasteiger charge is 2.44. The van der Waals surface area contributed by atoms with Crippen molar-refractivity contribution in [1.29, 1.82) is 0 Å². The second-order valence-electron chi connectivity index (χ2n) is 5.31. The van der Waals surface area contributed by atoms with Crippen LogP contribution >= 0.6 is 0 Å². The van der Waals surface area contributed by atoms with Crippen LogP contribution in [-0.4, -0.2) is 26.2 Å². The second-order valence-corrected chi connectivity index (χ2v) is 5.31. The van der Waals surface area contributed by atoms with E-state index in [-0.39, 0.29) is 5.91 Å². The van der Waals surface area contributed by atoms with Crippen LogP contribution in [0.1, 0.15) is 25.0 Å². The van der Waals surface area contributed by atoms with Crippen molar-refractivity contribution < 1.29 is 9.53 Å². The van der Waals surface area contributed by atoms with Crippen LogP contribution in [0.2, 0.25) is 0 Å². The minimum Gasteiger partial charge on any atom is -0.399 e.